The first kappa shape index (κ1) is 13.6. The Kier molecular flexibility index (Phi) is 3.83. The van der Waals surface area contributed by atoms with Crippen LogP contribution in [0.4, 0.5) is 4.39 Å². The van der Waals surface area contributed by atoms with Crippen LogP contribution < -0.4 is 4.74 Å². The Morgan fingerprint density at radius 3 is 2.61 bits per heavy atom. The number of aliphatic hydroxyl groups is 1. The number of hydrogen-bond acceptors (Lipinski definition) is 2. The molecule has 1 aliphatic rings. The largest absolute Gasteiger partial charge is 0.485 e. The van der Waals surface area contributed by atoms with E-state index in [-0.39, 0.29) is 28.4 Å². The molecule has 1 aromatic rings. The lowest BCUT2D eigenvalue weighted by molar-refractivity contribution is -0.160. The molecular formula is C14H18ClFO2. The molecule has 2 unspecified atom stereocenters. The van der Waals surface area contributed by atoms with Gasteiger partial charge in [0.2, 0.25) is 0 Å². The van der Waals surface area contributed by atoms with Crippen molar-refractivity contribution in [2.75, 3.05) is 0 Å². The maximum Gasteiger partial charge on any atom is 0.173 e. The summed E-state index contributed by atoms with van der Waals surface area (Å²) in [5.74, 6) is -0.354. The summed E-state index contributed by atoms with van der Waals surface area (Å²) in [7, 11) is 0. The average molecular weight is 273 g/mol. The van der Waals surface area contributed by atoms with E-state index >= 15 is 0 Å². The fourth-order valence-electron chi connectivity index (χ4n) is 2.81. The molecule has 1 fully saturated rings. The second kappa shape index (κ2) is 5.06. The summed E-state index contributed by atoms with van der Waals surface area (Å²) in [6.07, 6.45) is 1.61. The summed E-state index contributed by atoms with van der Waals surface area (Å²) < 4.78 is 19.4. The van der Waals surface area contributed by atoms with Gasteiger partial charge in [0.1, 0.15) is 6.10 Å². The molecule has 0 aromatic heterocycles. The quantitative estimate of drug-likeness (QED) is 0.903. The molecule has 0 bridgehead atoms. The van der Waals surface area contributed by atoms with E-state index in [2.05, 4.69) is 0 Å². The zero-order chi connectivity index (χ0) is 13.3. The van der Waals surface area contributed by atoms with Crippen molar-refractivity contribution in [3.8, 4) is 5.75 Å². The van der Waals surface area contributed by atoms with Crippen molar-refractivity contribution in [3.63, 3.8) is 0 Å². The summed E-state index contributed by atoms with van der Waals surface area (Å²) in [5, 5.41) is 10.2. The predicted molar refractivity (Wildman–Crippen MR) is 69.5 cm³/mol. The van der Waals surface area contributed by atoms with Crippen LogP contribution in [0.5, 0.6) is 5.75 Å². The second-order valence-corrected chi connectivity index (χ2v) is 5.26. The van der Waals surface area contributed by atoms with E-state index in [1.54, 1.807) is 12.1 Å². The minimum atomic E-state index is -0.454. The number of halogens is 2. The van der Waals surface area contributed by atoms with E-state index in [1.165, 1.54) is 6.07 Å². The highest BCUT2D eigenvalue weighted by Gasteiger charge is 2.54. The molecule has 1 N–H and O–H groups in total. The van der Waals surface area contributed by atoms with E-state index in [0.717, 1.165) is 12.8 Å². The van der Waals surface area contributed by atoms with Gasteiger partial charge in [-0.3, -0.25) is 0 Å². The lowest BCUT2D eigenvalue weighted by Crippen LogP contribution is -2.59. The molecule has 18 heavy (non-hydrogen) atoms. The fourth-order valence-corrected chi connectivity index (χ4v) is 3.01. The third-order valence-corrected chi connectivity index (χ3v) is 4.54. The van der Waals surface area contributed by atoms with Crippen LogP contribution in [-0.4, -0.2) is 17.3 Å². The Hall–Kier alpha value is -0.800. The van der Waals surface area contributed by atoms with Gasteiger partial charge in [-0.1, -0.05) is 31.5 Å². The molecule has 2 nitrogen and oxygen atoms in total. The molecule has 100 valence electrons. The molecule has 0 amide bonds. The molecule has 2 atom stereocenters. The van der Waals surface area contributed by atoms with Crippen LogP contribution in [0, 0.1) is 11.2 Å². The highest BCUT2D eigenvalue weighted by Crippen LogP contribution is 2.49. The topological polar surface area (TPSA) is 29.5 Å². The highest BCUT2D eigenvalue weighted by atomic mass is 35.5. The van der Waals surface area contributed by atoms with E-state index in [0.29, 0.717) is 6.42 Å². The standard InChI is InChI=1S/C14H18ClFO2/c1-3-14(4-2)11(17)8-12(14)18-13-9(15)6-5-7-10(13)16/h5-7,11-12,17H,3-4,8H2,1-2H3. The molecule has 0 saturated heterocycles. The molecule has 0 aliphatic heterocycles. The Bertz CT molecular complexity index is 412. The molecule has 4 heteroatoms. The van der Waals surface area contributed by atoms with Crippen LogP contribution in [-0.2, 0) is 0 Å². The number of hydrogen-bond donors (Lipinski definition) is 1. The van der Waals surface area contributed by atoms with Gasteiger partial charge in [0.15, 0.2) is 11.6 Å². The third kappa shape index (κ3) is 1.99. The Morgan fingerprint density at radius 2 is 2.11 bits per heavy atom. The average Bonchev–Trinajstić information content (AvgIpc) is 2.34. The molecule has 0 heterocycles. The van der Waals surface area contributed by atoms with Gasteiger partial charge in [-0.25, -0.2) is 4.39 Å². The van der Waals surface area contributed by atoms with Crippen LogP contribution in [0.3, 0.4) is 0 Å². The molecule has 0 spiro atoms. The molecular weight excluding hydrogens is 255 g/mol. The number of aliphatic hydroxyl groups excluding tert-OH is 1. The Labute approximate surface area is 112 Å². The van der Waals surface area contributed by atoms with Gasteiger partial charge in [0.05, 0.1) is 11.1 Å². The minimum absolute atomic E-state index is 0.0994. The van der Waals surface area contributed by atoms with E-state index < -0.39 is 5.82 Å². The van der Waals surface area contributed by atoms with Gasteiger partial charge >= 0.3 is 0 Å². The van der Waals surface area contributed by atoms with Crippen LogP contribution in [0.15, 0.2) is 18.2 Å². The molecule has 1 aromatic carbocycles. The SMILES string of the molecule is CCC1(CC)C(O)CC1Oc1c(F)cccc1Cl. The first-order valence-electron chi connectivity index (χ1n) is 6.34. The predicted octanol–water partition coefficient (Wildman–Crippen LogP) is 3.80. The summed E-state index contributed by atoms with van der Waals surface area (Å²) in [4.78, 5) is 0. The van der Waals surface area contributed by atoms with Gasteiger partial charge in [-0.2, -0.15) is 0 Å². The van der Waals surface area contributed by atoms with E-state index in [4.69, 9.17) is 16.3 Å². The Balaban J connectivity index is 2.20. The minimum Gasteiger partial charge on any atom is -0.485 e. The molecule has 1 saturated carbocycles. The highest BCUT2D eigenvalue weighted by molar-refractivity contribution is 6.32. The van der Waals surface area contributed by atoms with Crippen molar-refractivity contribution in [2.24, 2.45) is 5.41 Å². The first-order valence-corrected chi connectivity index (χ1v) is 6.71. The van der Waals surface area contributed by atoms with Gasteiger partial charge in [0.25, 0.3) is 0 Å². The van der Waals surface area contributed by atoms with Gasteiger partial charge in [0, 0.05) is 11.8 Å². The smallest absolute Gasteiger partial charge is 0.173 e. The number of ether oxygens (including phenoxy) is 1. The summed E-state index contributed by atoms with van der Waals surface area (Å²) in [6, 6.07) is 4.48. The first-order chi connectivity index (χ1) is 8.55. The van der Waals surface area contributed by atoms with Crippen LogP contribution in [0.25, 0.3) is 0 Å². The van der Waals surface area contributed by atoms with Crippen molar-refractivity contribution >= 4 is 11.6 Å². The van der Waals surface area contributed by atoms with Gasteiger partial charge in [-0.05, 0) is 25.0 Å². The zero-order valence-corrected chi connectivity index (χ0v) is 11.4. The summed E-state index contributed by atoms with van der Waals surface area (Å²) >= 11 is 5.94. The van der Waals surface area contributed by atoms with E-state index in [9.17, 15) is 9.50 Å². The van der Waals surface area contributed by atoms with Crippen LogP contribution >= 0.6 is 11.6 Å². The van der Waals surface area contributed by atoms with E-state index in [1.807, 2.05) is 13.8 Å². The molecule has 2 rings (SSSR count). The van der Waals surface area contributed by atoms with Crippen LogP contribution in [0.1, 0.15) is 33.1 Å². The maximum atomic E-state index is 13.7. The monoisotopic (exact) mass is 272 g/mol. The zero-order valence-electron chi connectivity index (χ0n) is 10.6. The Morgan fingerprint density at radius 1 is 1.44 bits per heavy atom. The van der Waals surface area contributed by atoms with Crippen molar-refractivity contribution < 1.29 is 14.2 Å². The number of para-hydroxylation sites is 1. The molecule has 0 radical (unpaired) electrons. The fraction of sp³-hybridized carbons (Fsp3) is 0.571. The van der Waals surface area contributed by atoms with Gasteiger partial charge in [-0.15, -0.1) is 0 Å². The van der Waals surface area contributed by atoms with Crippen molar-refractivity contribution in [3.05, 3.63) is 29.0 Å². The van der Waals surface area contributed by atoms with Crippen molar-refractivity contribution in [2.45, 2.75) is 45.3 Å². The van der Waals surface area contributed by atoms with Crippen molar-refractivity contribution in [1.29, 1.82) is 0 Å². The normalized spacial score (nSPS) is 25.6. The second-order valence-electron chi connectivity index (χ2n) is 4.85. The third-order valence-electron chi connectivity index (χ3n) is 4.24. The number of benzene rings is 1. The molecule has 1 aliphatic carbocycles. The van der Waals surface area contributed by atoms with Crippen molar-refractivity contribution in [1.82, 2.24) is 0 Å². The summed E-state index contributed by atoms with van der Waals surface area (Å²) in [6.45, 7) is 4.04. The maximum absolute atomic E-state index is 13.7. The van der Waals surface area contributed by atoms with Gasteiger partial charge < -0.3 is 9.84 Å². The summed E-state index contributed by atoms with van der Waals surface area (Å²) in [5.41, 5.74) is -0.272. The number of rotatable bonds is 4. The lowest BCUT2D eigenvalue weighted by Gasteiger charge is -2.52. The lowest BCUT2D eigenvalue weighted by atomic mass is 9.60. The van der Waals surface area contributed by atoms with Crippen LogP contribution in [0.2, 0.25) is 5.02 Å².